The number of rotatable bonds is 0. The molecule has 0 bridgehead atoms. The molecule has 0 saturated carbocycles. The topological polar surface area (TPSA) is 40.5 Å². The monoisotopic (exact) mass is 226 g/mol. The molecule has 2 rings (SSSR count). The van der Waals surface area contributed by atoms with Crippen LogP contribution in [-0.4, -0.2) is 17.0 Å². The van der Waals surface area contributed by atoms with Crippen LogP contribution in [0.5, 0.6) is 0 Å². The summed E-state index contributed by atoms with van der Waals surface area (Å²) in [5, 5.41) is 16.9. The number of hydrogen-bond acceptors (Lipinski definition) is 2. The number of benzene rings is 2. The molecule has 15 heavy (non-hydrogen) atoms. The quantitative estimate of drug-likeness (QED) is 0.678. The molecule has 2 N–H and O–H groups in total. The maximum atomic E-state index is 7.12. The summed E-state index contributed by atoms with van der Waals surface area (Å²) in [7, 11) is 0. The van der Waals surface area contributed by atoms with E-state index in [1.165, 1.54) is 16.3 Å². The summed E-state index contributed by atoms with van der Waals surface area (Å²) in [5.41, 5.74) is 1.35. The zero-order valence-corrected chi connectivity index (χ0v) is 9.37. The Morgan fingerprint density at radius 3 is 2.07 bits per heavy atom. The van der Waals surface area contributed by atoms with E-state index in [4.69, 9.17) is 10.2 Å². The third-order valence-corrected chi connectivity index (χ3v) is 2.01. The highest BCUT2D eigenvalue weighted by Gasteiger charge is 1.91. The van der Waals surface area contributed by atoms with E-state index in [-0.39, 0.29) is 12.4 Å². The molecule has 0 spiro atoms. The molecule has 0 fully saturated rings. The van der Waals surface area contributed by atoms with E-state index in [2.05, 4.69) is 49.4 Å². The highest BCUT2D eigenvalue weighted by Crippen LogP contribution is 2.16. The molecule has 0 aliphatic rings. The van der Waals surface area contributed by atoms with E-state index in [1.54, 1.807) is 0 Å². The van der Waals surface area contributed by atoms with Crippen molar-refractivity contribution in [2.45, 2.75) is 6.92 Å². The first kappa shape index (κ1) is 13.9. The van der Waals surface area contributed by atoms with Gasteiger partial charge in [0.05, 0.1) is 0 Å². The zero-order valence-electron chi connectivity index (χ0n) is 8.55. The molecule has 82 valence electrons. The summed E-state index contributed by atoms with van der Waals surface area (Å²) in [4.78, 5) is 0. The molecule has 2 aromatic carbocycles. The molecule has 0 aromatic heterocycles. The van der Waals surface area contributed by atoms with Gasteiger partial charge in [0.1, 0.15) is 6.79 Å². The Balaban J connectivity index is 0.000000443. The number of halogens is 1. The summed E-state index contributed by atoms with van der Waals surface area (Å²) < 4.78 is 0. The van der Waals surface area contributed by atoms with Gasteiger partial charge < -0.3 is 10.2 Å². The van der Waals surface area contributed by atoms with Crippen LogP contribution >= 0.6 is 12.4 Å². The fraction of sp³-hybridized carbons (Fsp3) is 0.167. The van der Waals surface area contributed by atoms with Crippen LogP contribution in [0.3, 0.4) is 0 Å². The minimum absolute atomic E-state index is 0. The molecule has 2 nitrogen and oxygen atoms in total. The number of fused-ring (bicyclic) bond motifs is 1. The van der Waals surface area contributed by atoms with Gasteiger partial charge in [0.2, 0.25) is 0 Å². The molecule has 0 aliphatic heterocycles. The molecule has 3 heteroatoms. The summed E-state index contributed by atoms with van der Waals surface area (Å²) in [6, 6.07) is 14.8. The van der Waals surface area contributed by atoms with Crippen LogP contribution in [0.15, 0.2) is 42.5 Å². The second-order valence-corrected chi connectivity index (χ2v) is 2.94. The van der Waals surface area contributed by atoms with Crippen molar-refractivity contribution in [3.63, 3.8) is 0 Å². The normalized spacial score (nSPS) is 8.73. The van der Waals surface area contributed by atoms with Crippen molar-refractivity contribution in [3.8, 4) is 0 Å². The number of aliphatic hydroxyl groups is 2. The van der Waals surface area contributed by atoms with Crippen molar-refractivity contribution in [1.29, 1.82) is 0 Å². The Labute approximate surface area is 95.6 Å². The largest absolute Gasteiger partial charge is 0.371 e. The Bertz CT molecular complexity index is 396. The molecular weight excluding hydrogens is 212 g/mol. The van der Waals surface area contributed by atoms with Crippen LogP contribution in [0.1, 0.15) is 5.56 Å². The molecule has 0 unspecified atom stereocenters. The van der Waals surface area contributed by atoms with E-state index >= 15 is 0 Å². The predicted octanol–water partition coefficient (Wildman–Crippen LogP) is 2.50. The van der Waals surface area contributed by atoms with Gasteiger partial charge in [-0.1, -0.05) is 42.5 Å². The molecule has 0 saturated heterocycles. The van der Waals surface area contributed by atoms with Crippen LogP contribution in [-0.2, 0) is 0 Å². The van der Waals surface area contributed by atoms with Crippen molar-refractivity contribution >= 4 is 23.2 Å². The van der Waals surface area contributed by atoms with Crippen LogP contribution in [0.2, 0.25) is 0 Å². The first-order chi connectivity index (χ1) is 6.79. The third kappa shape index (κ3) is 3.88. The van der Waals surface area contributed by atoms with Gasteiger partial charge in [-0.25, -0.2) is 0 Å². The molecule has 2 aromatic rings. The summed E-state index contributed by atoms with van der Waals surface area (Å²) in [5.74, 6) is 0. The first-order valence-electron chi connectivity index (χ1n) is 4.45. The Kier molecular flexibility index (Phi) is 6.71. The Hall–Kier alpha value is -1.09. The predicted molar refractivity (Wildman–Crippen MR) is 65.2 cm³/mol. The highest BCUT2D eigenvalue weighted by atomic mass is 35.5. The van der Waals surface area contributed by atoms with Crippen molar-refractivity contribution in [1.82, 2.24) is 0 Å². The van der Waals surface area contributed by atoms with Crippen molar-refractivity contribution in [2.75, 3.05) is 6.79 Å². The molecular formula is C12H15ClO2. The van der Waals surface area contributed by atoms with Gasteiger partial charge in [0.25, 0.3) is 0 Å². The second kappa shape index (κ2) is 7.23. The zero-order chi connectivity index (χ0) is 10.4. The lowest BCUT2D eigenvalue weighted by atomic mass is 10.1. The summed E-state index contributed by atoms with van der Waals surface area (Å²) >= 11 is 0. The second-order valence-electron chi connectivity index (χ2n) is 2.94. The van der Waals surface area contributed by atoms with Crippen LogP contribution in [0, 0.1) is 6.92 Å². The average molecular weight is 227 g/mol. The number of aliphatic hydroxyl groups excluding tert-OH is 1. The van der Waals surface area contributed by atoms with Gasteiger partial charge in [0.15, 0.2) is 0 Å². The molecule has 0 heterocycles. The molecule has 0 amide bonds. The van der Waals surface area contributed by atoms with Gasteiger partial charge >= 0.3 is 0 Å². The average Bonchev–Trinajstić information content (AvgIpc) is 2.20. The third-order valence-electron chi connectivity index (χ3n) is 2.01. The Morgan fingerprint density at radius 2 is 1.47 bits per heavy atom. The smallest absolute Gasteiger partial charge is 0.140 e. The lowest BCUT2D eigenvalue weighted by Gasteiger charge is -1.98. The Morgan fingerprint density at radius 1 is 0.933 bits per heavy atom. The fourth-order valence-corrected chi connectivity index (χ4v) is 1.39. The summed E-state index contributed by atoms with van der Waals surface area (Å²) in [6.45, 7) is 1.39. The van der Waals surface area contributed by atoms with Gasteiger partial charge in [-0.05, 0) is 23.3 Å². The van der Waals surface area contributed by atoms with Gasteiger partial charge in [-0.3, -0.25) is 0 Å². The van der Waals surface area contributed by atoms with Gasteiger partial charge in [-0.2, -0.15) is 0 Å². The molecule has 0 radical (unpaired) electrons. The van der Waals surface area contributed by atoms with Crippen LogP contribution in [0.4, 0.5) is 0 Å². The van der Waals surface area contributed by atoms with Crippen molar-refractivity contribution < 1.29 is 10.2 Å². The lowest BCUT2D eigenvalue weighted by molar-refractivity contribution is 0.0773. The van der Waals surface area contributed by atoms with Crippen molar-refractivity contribution in [3.05, 3.63) is 48.0 Å². The van der Waals surface area contributed by atoms with Gasteiger partial charge in [-0.15, -0.1) is 12.4 Å². The highest BCUT2D eigenvalue weighted by molar-refractivity contribution is 5.85. The minimum Gasteiger partial charge on any atom is -0.371 e. The molecule has 0 atom stereocenters. The maximum Gasteiger partial charge on any atom is 0.140 e. The fourth-order valence-electron chi connectivity index (χ4n) is 1.39. The van der Waals surface area contributed by atoms with E-state index in [9.17, 15) is 0 Å². The summed E-state index contributed by atoms with van der Waals surface area (Å²) in [6.07, 6.45) is 0. The number of hydrogen-bond donors (Lipinski definition) is 2. The van der Waals surface area contributed by atoms with Crippen LogP contribution in [0.25, 0.3) is 10.8 Å². The van der Waals surface area contributed by atoms with E-state index < -0.39 is 6.79 Å². The van der Waals surface area contributed by atoms with Crippen LogP contribution < -0.4 is 0 Å². The van der Waals surface area contributed by atoms with E-state index in [0.717, 1.165) is 0 Å². The maximum absolute atomic E-state index is 7.12. The first-order valence-corrected chi connectivity index (χ1v) is 4.45. The number of aryl methyl sites for hydroxylation is 1. The standard InChI is InChI=1S/C11H10.CH4O2.ClH/c1-9-5-4-7-10-6-2-3-8-11(9)10;2-1-3;/h2-8H,1H3;2-3H,1H2;1H. The molecule has 0 aliphatic carbocycles. The lowest BCUT2D eigenvalue weighted by Crippen LogP contribution is -1.75. The van der Waals surface area contributed by atoms with E-state index in [0.29, 0.717) is 0 Å². The SMILES string of the molecule is Cc1cccc2ccccc12.Cl.OCO. The van der Waals surface area contributed by atoms with E-state index in [1.807, 2.05) is 0 Å². The van der Waals surface area contributed by atoms with Crippen molar-refractivity contribution in [2.24, 2.45) is 0 Å². The van der Waals surface area contributed by atoms with Gasteiger partial charge in [0, 0.05) is 0 Å². The minimum atomic E-state index is -0.750.